The summed E-state index contributed by atoms with van der Waals surface area (Å²) < 4.78 is 46.0. The molecule has 0 spiro atoms. The lowest BCUT2D eigenvalue weighted by Gasteiger charge is -2.16. The molecule has 3 aromatic rings. The third-order valence-corrected chi connectivity index (χ3v) is 3.97. The molecule has 30 heavy (non-hydrogen) atoms. The Morgan fingerprint density at radius 2 is 1.53 bits per heavy atom. The van der Waals surface area contributed by atoms with E-state index in [1.165, 1.54) is 25.1 Å². The monoisotopic (exact) mass is 414 g/mol. The maximum Gasteiger partial charge on any atom is 0.418 e. The van der Waals surface area contributed by atoms with Gasteiger partial charge in [0.05, 0.1) is 11.3 Å². The van der Waals surface area contributed by atoms with Crippen molar-refractivity contribution >= 4 is 23.2 Å². The fraction of sp³-hybridized carbons (Fsp3) is 0.0909. The number of ether oxygens (including phenoxy) is 1. The second kappa shape index (κ2) is 8.69. The first-order valence-corrected chi connectivity index (χ1v) is 8.85. The number of hydrogen-bond donors (Lipinski definition) is 2. The highest BCUT2D eigenvalue weighted by molar-refractivity contribution is 6.05. The Hall–Kier alpha value is -3.81. The van der Waals surface area contributed by atoms with E-state index < -0.39 is 29.2 Å². The average molecular weight is 414 g/mol. The van der Waals surface area contributed by atoms with Gasteiger partial charge in [0.15, 0.2) is 0 Å². The summed E-state index contributed by atoms with van der Waals surface area (Å²) in [7, 11) is 0. The highest BCUT2D eigenvalue weighted by Crippen LogP contribution is 2.37. The van der Waals surface area contributed by atoms with Gasteiger partial charge in [-0.3, -0.25) is 9.59 Å². The first-order chi connectivity index (χ1) is 14.2. The van der Waals surface area contributed by atoms with Crippen molar-refractivity contribution in [3.63, 3.8) is 0 Å². The molecule has 0 heterocycles. The van der Waals surface area contributed by atoms with Gasteiger partial charge < -0.3 is 15.4 Å². The number of alkyl halides is 3. The summed E-state index contributed by atoms with van der Waals surface area (Å²) in [6.07, 6.45) is -4.73. The molecule has 0 atom stereocenters. The van der Waals surface area contributed by atoms with Crippen LogP contribution in [-0.4, -0.2) is 11.8 Å². The SMILES string of the molecule is CC(=O)Nc1ccc(NC(=O)c2cccc(Oc3ccccc3)c2)c(C(F)(F)F)c1. The lowest BCUT2D eigenvalue weighted by molar-refractivity contribution is -0.137. The van der Waals surface area contributed by atoms with Crippen LogP contribution in [0.2, 0.25) is 0 Å². The maximum absolute atomic E-state index is 13.4. The van der Waals surface area contributed by atoms with Crippen LogP contribution in [-0.2, 0) is 11.0 Å². The Morgan fingerprint density at radius 1 is 0.833 bits per heavy atom. The maximum atomic E-state index is 13.4. The molecule has 0 fully saturated rings. The number of benzene rings is 3. The third kappa shape index (κ3) is 5.38. The molecule has 0 aliphatic rings. The smallest absolute Gasteiger partial charge is 0.418 e. The molecular formula is C22H17F3N2O3. The number of amides is 2. The van der Waals surface area contributed by atoms with E-state index in [1.54, 1.807) is 36.4 Å². The van der Waals surface area contributed by atoms with Crippen LogP contribution >= 0.6 is 0 Å². The van der Waals surface area contributed by atoms with Gasteiger partial charge in [-0.05, 0) is 48.5 Å². The van der Waals surface area contributed by atoms with Crippen molar-refractivity contribution in [1.82, 2.24) is 0 Å². The molecule has 2 N–H and O–H groups in total. The minimum Gasteiger partial charge on any atom is -0.457 e. The van der Waals surface area contributed by atoms with Crippen LogP contribution in [0.1, 0.15) is 22.8 Å². The van der Waals surface area contributed by atoms with E-state index >= 15 is 0 Å². The largest absolute Gasteiger partial charge is 0.457 e. The second-order valence-electron chi connectivity index (χ2n) is 6.34. The standard InChI is InChI=1S/C22H17F3N2O3/c1-14(28)26-16-10-11-20(19(13-16)22(23,24)25)27-21(29)15-6-5-9-18(12-15)30-17-7-3-2-4-8-17/h2-13H,1H3,(H,26,28)(H,27,29). The zero-order valence-electron chi connectivity index (χ0n) is 15.8. The van der Waals surface area contributed by atoms with Crippen LogP contribution in [0.15, 0.2) is 72.8 Å². The lowest BCUT2D eigenvalue weighted by atomic mass is 10.1. The summed E-state index contributed by atoms with van der Waals surface area (Å²) in [6, 6.07) is 18.1. The highest BCUT2D eigenvalue weighted by Gasteiger charge is 2.34. The number of rotatable bonds is 5. The molecule has 3 aromatic carbocycles. The fourth-order valence-electron chi connectivity index (χ4n) is 2.69. The third-order valence-electron chi connectivity index (χ3n) is 3.97. The van der Waals surface area contributed by atoms with Gasteiger partial charge in [0.2, 0.25) is 5.91 Å². The molecule has 5 nitrogen and oxygen atoms in total. The van der Waals surface area contributed by atoms with Crippen LogP contribution in [0, 0.1) is 0 Å². The Balaban J connectivity index is 1.83. The second-order valence-corrected chi connectivity index (χ2v) is 6.34. The van der Waals surface area contributed by atoms with Gasteiger partial charge in [-0.25, -0.2) is 0 Å². The predicted molar refractivity (Wildman–Crippen MR) is 107 cm³/mol. The van der Waals surface area contributed by atoms with Crippen molar-refractivity contribution in [2.75, 3.05) is 10.6 Å². The minimum absolute atomic E-state index is 0.0221. The van der Waals surface area contributed by atoms with Gasteiger partial charge in [0.1, 0.15) is 11.5 Å². The van der Waals surface area contributed by atoms with Crippen LogP contribution in [0.25, 0.3) is 0 Å². The molecule has 154 valence electrons. The van der Waals surface area contributed by atoms with E-state index in [-0.39, 0.29) is 11.3 Å². The summed E-state index contributed by atoms with van der Waals surface area (Å²) in [5.41, 5.74) is -1.39. The molecule has 0 radical (unpaired) electrons. The Bertz CT molecular complexity index is 1070. The van der Waals surface area contributed by atoms with E-state index in [0.29, 0.717) is 11.5 Å². The number of hydrogen-bond acceptors (Lipinski definition) is 3. The van der Waals surface area contributed by atoms with Crippen molar-refractivity contribution in [2.45, 2.75) is 13.1 Å². The molecule has 0 saturated carbocycles. The Labute approximate surface area is 170 Å². The Kier molecular flexibility index (Phi) is 6.06. The van der Waals surface area contributed by atoms with E-state index in [2.05, 4.69) is 10.6 Å². The van der Waals surface area contributed by atoms with Crippen molar-refractivity contribution in [3.05, 3.63) is 83.9 Å². The molecule has 0 saturated heterocycles. The van der Waals surface area contributed by atoms with Gasteiger partial charge in [-0.2, -0.15) is 13.2 Å². The molecule has 0 aromatic heterocycles. The predicted octanol–water partition coefficient (Wildman–Crippen LogP) is 5.71. The fourth-order valence-corrected chi connectivity index (χ4v) is 2.69. The van der Waals surface area contributed by atoms with Crippen molar-refractivity contribution in [2.24, 2.45) is 0 Å². The van der Waals surface area contributed by atoms with Gasteiger partial charge in [-0.15, -0.1) is 0 Å². The number of anilines is 2. The van der Waals surface area contributed by atoms with Gasteiger partial charge in [0.25, 0.3) is 5.91 Å². The van der Waals surface area contributed by atoms with Crippen molar-refractivity contribution in [3.8, 4) is 11.5 Å². The average Bonchev–Trinajstić information content (AvgIpc) is 2.69. The molecule has 0 aliphatic heterocycles. The van der Waals surface area contributed by atoms with Gasteiger partial charge in [0, 0.05) is 18.2 Å². The van der Waals surface area contributed by atoms with Crippen molar-refractivity contribution in [1.29, 1.82) is 0 Å². The number of para-hydroxylation sites is 1. The molecule has 3 rings (SSSR count). The molecule has 8 heteroatoms. The molecule has 0 bridgehead atoms. The summed E-state index contributed by atoms with van der Waals surface area (Å²) in [5.74, 6) is -0.310. The molecule has 0 unspecified atom stereocenters. The molecule has 0 aliphatic carbocycles. The van der Waals surface area contributed by atoms with E-state index in [0.717, 1.165) is 12.1 Å². The zero-order chi connectivity index (χ0) is 21.7. The van der Waals surface area contributed by atoms with Gasteiger partial charge in [-0.1, -0.05) is 24.3 Å². The van der Waals surface area contributed by atoms with E-state index in [1.807, 2.05) is 6.07 Å². The van der Waals surface area contributed by atoms with Crippen molar-refractivity contribution < 1.29 is 27.5 Å². The zero-order valence-corrected chi connectivity index (χ0v) is 15.8. The molecular weight excluding hydrogens is 397 g/mol. The quantitative estimate of drug-likeness (QED) is 0.562. The number of nitrogens with one attached hydrogen (secondary N) is 2. The minimum atomic E-state index is -4.73. The number of carbonyl (C=O) groups excluding carboxylic acids is 2. The number of halogens is 3. The van der Waals surface area contributed by atoms with Gasteiger partial charge >= 0.3 is 6.18 Å². The van der Waals surface area contributed by atoms with Crippen LogP contribution in [0.3, 0.4) is 0 Å². The van der Waals surface area contributed by atoms with E-state index in [9.17, 15) is 22.8 Å². The summed E-state index contributed by atoms with van der Waals surface area (Å²) in [6.45, 7) is 1.19. The number of carbonyl (C=O) groups is 2. The first kappa shape index (κ1) is 20.9. The van der Waals surface area contributed by atoms with Crippen LogP contribution in [0.5, 0.6) is 11.5 Å². The highest BCUT2D eigenvalue weighted by atomic mass is 19.4. The topological polar surface area (TPSA) is 67.4 Å². The Morgan fingerprint density at radius 3 is 2.20 bits per heavy atom. The molecule has 2 amide bonds. The van der Waals surface area contributed by atoms with Crippen LogP contribution in [0.4, 0.5) is 24.5 Å². The normalized spacial score (nSPS) is 10.9. The summed E-state index contributed by atoms with van der Waals surface area (Å²) >= 11 is 0. The van der Waals surface area contributed by atoms with E-state index in [4.69, 9.17) is 4.74 Å². The summed E-state index contributed by atoms with van der Waals surface area (Å²) in [5, 5.41) is 4.57. The van der Waals surface area contributed by atoms with Crippen LogP contribution < -0.4 is 15.4 Å². The lowest BCUT2D eigenvalue weighted by Crippen LogP contribution is -2.17. The first-order valence-electron chi connectivity index (χ1n) is 8.85. The summed E-state index contributed by atoms with van der Waals surface area (Å²) in [4.78, 5) is 23.7.